The Labute approximate surface area is 100 Å². The third-order valence-electron chi connectivity index (χ3n) is 2.65. The summed E-state index contributed by atoms with van der Waals surface area (Å²) >= 11 is 1.71. The second kappa shape index (κ2) is 4.26. The van der Waals surface area contributed by atoms with Crippen molar-refractivity contribution >= 4 is 16.5 Å². The number of benzene rings is 1. The molecule has 1 heterocycles. The average Bonchev–Trinajstić information content (AvgIpc) is 2.63. The smallest absolute Gasteiger partial charge is 0.183 e. The van der Waals surface area contributed by atoms with Gasteiger partial charge in [0.1, 0.15) is 0 Å². The van der Waals surface area contributed by atoms with Crippen molar-refractivity contribution < 1.29 is 0 Å². The van der Waals surface area contributed by atoms with E-state index in [9.17, 15) is 0 Å². The molecule has 1 aromatic heterocycles. The third-order valence-corrected chi connectivity index (χ3v) is 3.86. The molecule has 2 nitrogen and oxygen atoms in total. The van der Waals surface area contributed by atoms with Gasteiger partial charge in [0.15, 0.2) is 5.13 Å². The van der Waals surface area contributed by atoms with Crippen molar-refractivity contribution in [1.29, 1.82) is 0 Å². The van der Waals surface area contributed by atoms with E-state index in [0.29, 0.717) is 0 Å². The molecule has 2 aromatic rings. The fourth-order valence-corrected chi connectivity index (χ4v) is 2.73. The van der Waals surface area contributed by atoms with Gasteiger partial charge in [-0.1, -0.05) is 35.1 Å². The van der Waals surface area contributed by atoms with Crippen molar-refractivity contribution in [2.24, 2.45) is 0 Å². The molecule has 0 fully saturated rings. The Morgan fingerprint density at radius 2 is 1.94 bits per heavy atom. The van der Waals surface area contributed by atoms with E-state index in [4.69, 9.17) is 0 Å². The van der Waals surface area contributed by atoms with E-state index in [0.717, 1.165) is 10.8 Å². The Morgan fingerprint density at radius 3 is 2.56 bits per heavy atom. The molecule has 0 aliphatic rings. The number of nitrogens with zero attached hydrogens (tertiary/aromatic N) is 1. The zero-order chi connectivity index (χ0) is 11.7. The van der Waals surface area contributed by atoms with Crippen molar-refractivity contribution in [3.63, 3.8) is 0 Å². The minimum atomic E-state index is 0.980. The second-order valence-corrected chi connectivity index (χ2v) is 5.00. The van der Waals surface area contributed by atoms with Crippen LogP contribution in [0.1, 0.15) is 16.8 Å². The lowest BCUT2D eigenvalue weighted by Crippen LogP contribution is -1.85. The van der Waals surface area contributed by atoms with Crippen LogP contribution in [-0.2, 0) is 0 Å². The van der Waals surface area contributed by atoms with Crippen molar-refractivity contribution in [1.82, 2.24) is 4.98 Å². The van der Waals surface area contributed by atoms with E-state index < -0.39 is 0 Å². The van der Waals surface area contributed by atoms with Crippen molar-refractivity contribution in [3.8, 4) is 10.4 Å². The van der Waals surface area contributed by atoms with Gasteiger partial charge in [0, 0.05) is 7.05 Å². The summed E-state index contributed by atoms with van der Waals surface area (Å²) in [6.45, 7) is 6.33. The fraction of sp³-hybridized carbons (Fsp3) is 0.308. The first kappa shape index (κ1) is 11.1. The summed E-state index contributed by atoms with van der Waals surface area (Å²) in [5.74, 6) is 0. The number of nitrogens with one attached hydrogen (secondary N) is 1. The summed E-state index contributed by atoms with van der Waals surface area (Å²) in [5.41, 5.74) is 5.00. The second-order valence-electron chi connectivity index (χ2n) is 4.00. The summed E-state index contributed by atoms with van der Waals surface area (Å²) in [5, 5.41) is 4.08. The molecule has 0 radical (unpaired) electrons. The monoisotopic (exact) mass is 232 g/mol. The van der Waals surface area contributed by atoms with Gasteiger partial charge >= 0.3 is 0 Å². The highest BCUT2D eigenvalue weighted by atomic mass is 32.1. The highest BCUT2D eigenvalue weighted by Crippen LogP contribution is 2.34. The first-order valence-electron chi connectivity index (χ1n) is 5.34. The van der Waals surface area contributed by atoms with Crippen LogP contribution < -0.4 is 5.32 Å². The average molecular weight is 232 g/mol. The van der Waals surface area contributed by atoms with Gasteiger partial charge in [-0.15, -0.1) is 0 Å². The maximum absolute atomic E-state index is 4.48. The number of aromatic nitrogens is 1. The summed E-state index contributed by atoms with van der Waals surface area (Å²) < 4.78 is 0. The van der Waals surface area contributed by atoms with Crippen LogP contribution in [-0.4, -0.2) is 12.0 Å². The minimum Gasteiger partial charge on any atom is -0.365 e. The summed E-state index contributed by atoms with van der Waals surface area (Å²) in [6.07, 6.45) is 0. The number of thiazole rings is 1. The SMILES string of the molecule is CNc1nc(C)c(-c2cc(C)ccc2C)s1. The summed E-state index contributed by atoms with van der Waals surface area (Å²) in [4.78, 5) is 5.75. The van der Waals surface area contributed by atoms with Crippen LogP contribution in [0.3, 0.4) is 0 Å². The Bertz CT molecular complexity index is 515. The van der Waals surface area contributed by atoms with Crippen LogP contribution in [0.5, 0.6) is 0 Å². The van der Waals surface area contributed by atoms with Gasteiger partial charge in [-0.05, 0) is 31.9 Å². The maximum atomic E-state index is 4.48. The standard InChI is InChI=1S/C13H16N2S/c1-8-5-6-9(2)11(7-8)12-10(3)15-13(14-4)16-12/h5-7H,1-4H3,(H,14,15). The van der Waals surface area contributed by atoms with Gasteiger partial charge in [-0.2, -0.15) is 0 Å². The van der Waals surface area contributed by atoms with Crippen LogP contribution >= 0.6 is 11.3 Å². The molecule has 2 rings (SSSR count). The van der Waals surface area contributed by atoms with E-state index >= 15 is 0 Å². The van der Waals surface area contributed by atoms with Gasteiger partial charge in [0.2, 0.25) is 0 Å². The van der Waals surface area contributed by atoms with Gasteiger partial charge in [0.05, 0.1) is 10.6 Å². The largest absolute Gasteiger partial charge is 0.365 e. The van der Waals surface area contributed by atoms with Gasteiger partial charge in [-0.25, -0.2) is 4.98 Å². The molecule has 0 amide bonds. The number of hydrogen-bond acceptors (Lipinski definition) is 3. The van der Waals surface area contributed by atoms with Gasteiger partial charge in [-0.3, -0.25) is 0 Å². The molecule has 1 N–H and O–H groups in total. The van der Waals surface area contributed by atoms with Crippen LogP contribution in [0.15, 0.2) is 18.2 Å². The molecule has 0 unspecified atom stereocenters. The van der Waals surface area contributed by atoms with E-state index in [1.165, 1.54) is 21.6 Å². The number of rotatable bonds is 2. The highest BCUT2D eigenvalue weighted by molar-refractivity contribution is 7.19. The lowest BCUT2D eigenvalue weighted by atomic mass is 10.0. The Morgan fingerprint density at radius 1 is 1.19 bits per heavy atom. The number of hydrogen-bond donors (Lipinski definition) is 1. The zero-order valence-electron chi connectivity index (χ0n) is 10.1. The molecular formula is C13H16N2S. The molecule has 0 aliphatic heterocycles. The molecule has 0 bridgehead atoms. The molecule has 0 aliphatic carbocycles. The molecule has 16 heavy (non-hydrogen) atoms. The topological polar surface area (TPSA) is 24.9 Å². The highest BCUT2D eigenvalue weighted by Gasteiger charge is 2.10. The van der Waals surface area contributed by atoms with Crippen LogP contribution in [0.4, 0.5) is 5.13 Å². The first-order valence-corrected chi connectivity index (χ1v) is 6.16. The fourth-order valence-electron chi connectivity index (χ4n) is 1.73. The molecule has 0 atom stereocenters. The molecule has 3 heteroatoms. The first-order chi connectivity index (χ1) is 7.61. The number of aryl methyl sites for hydroxylation is 3. The Balaban J connectivity index is 2.57. The number of anilines is 1. The lowest BCUT2D eigenvalue weighted by Gasteiger charge is -2.05. The molecular weight excluding hydrogens is 216 g/mol. The minimum absolute atomic E-state index is 0.980. The van der Waals surface area contributed by atoms with Crippen molar-refractivity contribution in [2.45, 2.75) is 20.8 Å². The van der Waals surface area contributed by atoms with E-state index in [1.54, 1.807) is 11.3 Å². The van der Waals surface area contributed by atoms with Crippen molar-refractivity contribution in [2.75, 3.05) is 12.4 Å². The predicted octanol–water partition coefficient (Wildman–Crippen LogP) is 3.78. The maximum Gasteiger partial charge on any atom is 0.183 e. The van der Waals surface area contributed by atoms with Crippen LogP contribution in [0.2, 0.25) is 0 Å². The molecule has 0 saturated carbocycles. The molecule has 0 spiro atoms. The van der Waals surface area contributed by atoms with Gasteiger partial charge in [0.25, 0.3) is 0 Å². The van der Waals surface area contributed by atoms with E-state index in [2.05, 4.69) is 49.3 Å². The summed E-state index contributed by atoms with van der Waals surface area (Å²) in [7, 11) is 1.91. The summed E-state index contributed by atoms with van der Waals surface area (Å²) in [6, 6.07) is 6.55. The molecule has 0 saturated heterocycles. The molecule has 1 aromatic carbocycles. The quantitative estimate of drug-likeness (QED) is 0.852. The Hall–Kier alpha value is -1.35. The van der Waals surface area contributed by atoms with Crippen molar-refractivity contribution in [3.05, 3.63) is 35.0 Å². The zero-order valence-corrected chi connectivity index (χ0v) is 10.9. The Kier molecular flexibility index (Phi) is 2.97. The van der Waals surface area contributed by atoms with Gasteiger partial charge < -0.3 is 5.32 Å². The molecule has 84 valence electrons. The van der Waals surface area contributed by atoms with Crippen LogP contribution in [0.25, 0.3) is 10.4 Å². The van der Waals surface area contributed by atoms with Crippen LogP contribution in [0, 0.1) is 20.8 Å². The normalized spacial score (nSPS) is 10.5. The predicted molar refractivity (Wildman–Crippen MR) is 71.3 cm³/mol. The van der Waals surface area contributed by atoms with E-state index in [-0.39, 0.29) is 0 Å². The lowest BCUT2D eigenvalue weighted by molar-refractivity contribution is 1.25. The third kappa shape index (κ3) is 1.95. The van der Waals surface area contributed by atoms with E-state index in [1.807, 2.05) is 7.05 Å².